The average molecular weight is 1380 g/mol. The molecule has 6 aromatic heterocycles. The molecule has 0 saturated carbocycles. The van der Waals surface area contributed by atoms with Gasteiger partial charge in [0.1, 0.15) is 0 Å². The third-order valence-electron chi connectivity index (χ3n) is 20.3. The minimum atomic E-state index is 0.776. The standard InChI is InChI=1S/C102H68N6/c1-3-23-71(24-4-1)99-53-49-75(65-105-99)87-29-9-15-35-93(87)82-62-83(94-36-16-10-30-88(94)76-50-54-100(106-66-76)72-25-5-2-6-26-72)64-84(63-82)96-38-18-12-32-90(96)78-52-56-102(108-68-78)101-55-51-77(67-107-101)89-31-11-17-37-95(89)81-60-79(91-33-13-7-27-85(91)69-41-45-73(46-42-69)97-39-19-21-57-103-97)59-80(61-81)92-34-14-8-28-86(92)70-43-47-74(48-44-70)98-40-20-22-58-104-98/h1-68H. The molecule has 6 nitrogen and oxygen atoms in total. The molecule has 18 aromatic rings. The first kappa shape index (κ1) is 65.6. The summed E-state index contributed by atoms with van der Waals surface area (Å²) >= 11 is 0. The van der Waals surface area contributed by atoms with E-state index in [1.807, 2.05) is 73.6 Å². The SMILES string of the molecule is c1ccc(-c2ccc(-c3ccccc3-c3cc(-c4ccccc4-c4ccc(-c5ccccc5)nc4)cc(-c4ccccc4-c4ccc(-c5ccc(-c6ccccc6-c6cc(-c7ccccc7-c7ccc(-c8ccccn8)cc7)cc(-c7ccccc7-c7ccc(-c8ccccn8)cc7)c6)cn5)nc4)c3)cn2)cc1. The normalized spacial score (nSPS) is 11.1. The van der Waals surface area contributed by atoms with Crippen molar-refractivity contribution >= 4 is 0 Å². The van der Waals surface area contributed by atoms with Crippen LogP contribution < -0.4 is 0 Å². The van der Waals surface area contributed by atoms with Gasteiger partial charge in [0.25, 0.3) is 0 Å². The number of rotatable bonds is 17. The maximum Gasteiger partial charge on any atom is 0.0886 e. The van der Waals surface area contributed by atoms with Gasteiger partial charge in [0, 0.05) is 81.7 Å². The lowest BCUT2D eigenvalue weighted by Gasteiger charge is -2.18. The van der Waals surface area contributed by atoms with Crippen molar-refractivity contribution in [2.45, 2.75) is 0 Å². The molecular formula is C102H68N6. The van der Waals surface area contributed by atoms with Crippen molar-refractivity contribution in [3.05, 3.63) is 413 Å². The van der Waals surface area contributed by atoms with E-state index in [0.29, 0.717) is 0 Å². The Morgan fingerprint density at radius 1 is 0.111 bits per heavy atom. The van der Waals surface area contributed by atoms with E-state index in [4.69, 9.17) is 19.9 Å². The number of nitrogens with zero attached hydrogens (tertiary/aromatic N) is 6. The molecule has 12 aromatic carbocycles. The van der Waals surface area contributed by atoms with E-state index in [0.717, 1.165) is 190 Å². The Morgan fingerprint density at radius 2 is 0.296 bits per heavy atom. The summed E-state index contributed by atoms with van der Waals surface area (Å²) < 4.78 is 0. The molecule has 0 N–H and O–H groups in total. The first-order valence-electron chi connectivity index (χ1n) is 36.4. The maximum absolute atomic E-state index is 5.19. The molecule has 18 rings (SSSR count). The molecule has 0 radical (unpaired) electrons. The fraction of sp³-hybridized carbons (Fsp3) is 0. The van der Waals surface area contributed by atoms with Crippen LogP contribution in [-0.2, 0) is 0 Å². The zero-order valence-electron chi connectivity index (χ0n) is 58.9. The molecule has 506 valence electrons. The van der Waals surface area contributed by atoms with Crippen molar-refractivity contribution in [2.75, 3.05) is 0 Å². The van der Waals surface area contributed by atoms with E-state index in [1.54, 1.807) is 0 Å². The first-order valence-corrected chi connectivity index (χ1v) is 36.4. The quantitative estimate of drug-likeness (QED) is 0.0904. The van der Waals surface area contributed by atoms with Crippen LogP contribution in [0, 0.1) is 0 Å². The van der Waals surface area contributed by atoms with Gasteiger partial charge >= 0.3 is 0 Å². The van der Waals surface area contributed by atoms with Gasteiger partial charge in [-0.3, -0.25) is 29.9 Å². The summed E-state index contributed by atoms with van der Waals surface area (Å²) in [7, 11) is 0. The molecule has 6 heteroatoms. The third kappa shape index (κ3) is 13.5. The van der Waals surface area contributed by atoms with Crippen molar-refractivity contribution in [1.29, 1.82) is 0 Å². The lowest BCUT2D eigenvalue weighted by atomic mass is 9.86. The molecule has 0 aliphatic heterocycles. The Kier molecular flexibility index (Phi) is 18.0. The summed E-state index contributed by atoms with van der Waals surface area (Å²) in [6.07, 6.45) is 11.7. The summed E-state index contributed by atoms with van der Waals surface area (Å²) in [5.41, 5.74) is 35.7. The number of benzene rings is 12. The smallest absolute Gasteiger partial charge is 0.0886 e. The van der Waals surface area contributed by atoms with E-state index in [9.17, 15) is 0 Å². The second kappa shape index (κ2) is 29.7. The molecular weight excluding hydrogens is 1310 g/mol. The highest BCUT2D eigenvalue weighted by Crippen LogP contribution is 2.46. The van der Waals surface area contributed by atoms with Gasteiger partial charge in [0.05, 0.1) is 34.2 Å². The second-order valence-electron chi connectivity index (χ2n) is 26.9. The van der Waals surface area contributed by atoms with Crippen LogP contribution in [0.25, 0.3) is 190 Å². The number of aromatic nitrogens is 6. The lowest BCUT2D eigenvalue weighted by Crippen LogP contribution is -1.94. The Hall–Kier alpha value is -14.5. The summed E-state index contributed by atoms with van der Waals surface area (Å²) in [6, 6.07) is 134. The molecule has 0 aliphatic rings. The summed E-state index contributed by atoms with van der Waals surface area (Å²) in [4.78, 5) is 29.7. The minimum absolute atomic E-state index is 0.776. The van der Waals surface area contributed by atoms with Gasteiger partial charge in [-0.1, -0.05) is 291 Å². The summed E-state index contributed by atoms with van der Waals surface area (Å²) in [5.74, 6) is 0. The number of hydrogen-bond donors (Lipinski definition) is 0. The van der Waals surface area contributed by atoms with E-state index in [1.165, 1.54) is 0 Å². The molecule has 0 saturated heterocycles. The summed E-state index contributed by atoms with van der Waals surface area (Å²) in [6.45, 7) is 0. The van der Waals surface area contributed by atoms with E-state index in [-0.39, 0.29) is 0 Å². The van der Waals surface area contributed by atoms with Gasteiger partial charge in [-0.25, -0.2) is 0 Å². The largest absolute Gasteiger partial charge is 0.256 e. The fourth-order valence-corrected chi connectivity index (χ4v) is 14.9. The van der Waals surface area contributed by atoms with Crippen LogP contribution in [0.3, 0.4) is 0 Å². The summed E-state index contributed by atoms with van der Waals surface area (Å²) in [5, 5.41) is 0. The Labute approximate surface area is 629 Å². The van der Waals surface area contributed by atoms with Crippen LogP contribution in [-0.4, -0.2) is 29.9 Å². The third-order valence-corrected chi connectivity index (χ3v) is 20.3. The molecule has 0 spiro atoms. The van der Waals surface area contributed by atoms with Gasteiger partial charge in [0.15, 0.2) is 0 Å². The molecule has 108 heavy (non-hydrogen) atoms. The molecule has 0 aliphatic carbocycles. The molecule has 0 atom stereocenters. The number of pyridine rings is 6. The fourth-order valence-electron chi connectivity index (χ4n) is 14.9. The zero-order chi connectivity index (χ0) is 72.0. The highest BCUT2D eigenvalue weighted by atomic mass is 14.8. The van der Waals surface area contributed by atoms with Gasteiger partial charge in [0.2, 0.25) is 0 Å². The molecule has 0 unspecified atom stereocenters. The highest BCUT2D eigenvalue weighted by molar-refractivity contribution is 5.97. The van der Waals surface area contributed by atoms with E-state index < -0.39 is 0 Å². The topological polar surface area (TPSA) is 77.3 Å². The minimum Gasteiger partial charge on any atom is -0.256 e. The van der Waals surface area contributed by atoms with Crippen LogP contribution >= 0.6 is 0 Å². The van der Waals surface area contributed by atoms with Crippen molar-refractivity contribution in [1.82, 2.24) is 29.9 Å². The predicted molar refractivity (Wildman–Crippen MR) is 446 cm³/mol. The Balaban J connectivity index is 0.690. The van der Waals surface area contributed by atoms with Crippen LogP contribution in [0.1, 0.15) is 0 Å². The van der Waals surface area contributed by atoms with E-state index in [2.05, 4.69) is 350 Å². The molecule has 0 fully saturated rings. The van der Waals surface area contributed by atoms with Crippen LogP contribution in [0.15, 0.2) is 413 Å². The van der Waals surface area contributed by atoms with Crippen molar-refractivity contribution < 1.29 is 0 Å². The maximum atomic E-state index is 5.19. The Morgan fingerprint density at radius 3 is 0.528 bits per heavy atom. The van der Waals surface area contributed by atoms with Gasteiger partial charge in [-0.05, 0) is 196 Å². The number of hydrogen-bond acceptors (Lipinski definition) is 6. The highest BCUT2D eigenvalue weighted by Gasteiger charge is 2.21. The van der Waals surface area contributed by atoms with E-state index >= 15 is 0 Å². The van der Waals surface area contributed by atoms with Crippen molar-refractivity contribution in [2.24, 2.45) is 0 Å². The molecule has 0 amide bonds. The molecule has 6 heterocycles. The zero-order valence-corrected chi connectivity index (χ0v) is 58.9. The first-order chi connectivity index (χ1) is 53.5. The second-order valence-corrected chi connectivity index (χ2v) is 26.9. The van der Waals surface area contributed by atoms with Gasteiger partial charge in [-0.2, -0.15) is 0 Å². The van der Waals surface area contributed by atoms with Crippen molar-refractivity contribution in [3.8, 4) is 190 Å². The van der Waals surface area contributed by atoms with Crippen LogP contribution in [0.5, 0.6) is 0 Å². The van der Waals surface area contributed by atoms with Crippen LogP contribution in [0.4, 0.5) is 0 Å². The molecule has 0 bridgehead atoms. The lowest BCUT2D eigenvalue weighted by molar-refractivity contribution is 1.25. The predicted octanol–water partition coefficient (Wildman–Crippen LogP) is 26.4. The van der Waals surface area contributed by atoms with Crippen molar-refractivity contribution in [3.63, 3.8) is 0 Å². The Bertz CT molecular complexity index is 5530. The monoisotopic (exact) mass is 1380 g/mol. The average Bonchev–Trinajstić information content (AvgIpc) is 0.772. The van der Waals surface area contributed by atoms with Gasteiger partial charge in [-0.15, -0.1) is 0 Å². The van der Waals surface area contributed by atoms with Gasteiger partial charge < -0.3 is 0 Å². The van der Waals surface area contributed by atoms with Crippen LogP contribution in [0.2, 0.25) is 0 Å².